The largest absolute Gasteiger partial charge is 0.333 e. The van der Waals surface area contributed by atoms with E-state index in [4.69, 9.17) is 0 Å². The molecule has 0 aliphatic heterocycles. The minimum atomic E-state index is -0.620. The molecule has 0 aromatic heterocycles. The Bertz CT molecular complexity index is 527. The zero-order valence-electron chi connectivity index (χ0n) is 13.5. The van der Waals surface area contributed by atoms with Crippen molar-refractivity contribution in [2.24, 2.45) is 5.92 Å². The molecule has 0 unspecified atom stereocenters. The summed E-state index contributed by atoms with van der Waals surface area (Å²) in [6.45, 7) is 4.70. The molecule has 118 valence electrons. The van der Waals surface area contributed by atoms with Gasteiger partial charge in [-0.1, -0.05) is 44.2 Å². The highest BCUT2D eigenvalue weighted by Crippen LogP contribution is 2.28. The monoisotopic (exact) mass is 300 g/mol. The molecule has 4 nitrogen and oxygen atoms in total. The molecule has 1 atom stereocenters. The molecule has 1 aliphatic rings. The third kappa shape index (κ3) is 4.08. The van der Waals surface area contributed by atoms with E-state index in [0.717, 1.165) is 25.7 Å². The van der Waals surface area contributed by atoms with E-state index in [2.05, 4.69) is 42.7 Å². The van der Waals surface area contributed by atoms with Gasteiger partial charge in [0.05, 0.1) is 6.07 Å². The second-order valence-electron chi connectivity index (χ2n) is 6.57. The Morgan fingerprint density at radius 1 is 1.32 bits per heavy atom. The zero-order chi connectivity index (χ0) is 16.0. The topological polar surface area (TPSA) is 69.5 Å². The predicted molar refractivity (Wildman–Crippen MR) is 85.8 cm³/mol. The molecule has 3 N–H and O–H groups in total. The van der Waals surface area contributed by atoms with E-state index in [-0.39, 0.29) is 11.9 Å². The summed E-state index contributed by atoms with van der Waals surface area (Å²) in [6, 6.07) is 12.8. The van der Waals surface area contributed by atoms with Crippen molar-refractivity contribution in [1.82, 2.24) is 5.32 Å². The van der Waals surface area contributed by atoms with Gasteiger partial charge in [0.15, 0.2) is 6.54 Å². The minimum Gasteiger partial charge on any atom is -0.333 e. The van der Waals surface area contributed by atoms with Crippen LogP contribution in [-0.2, 0) is 4.79 Å². The molecule has 22 heavy (non-hydrogen) atoms. The fourth-order valence-electron chi connectivity index (χ4n) is 3.26. The lowest BCUT2D eigenvalue weighted by Gasteiger charge is -2.23. The predicted octanol–water partition coefficient (Wildman–Crippen LogP) is 1.90. The Balaban J connectivity index is 1.93. The smallest absolute Gasteiger partial charge is 0.276 e. The molecular formula is C18H26N3O+. The molecule has 1 fully saturated rings. The van der Waals surface area contributed by atoms with Gasteiger partial charge in [-0.2, -0.15) is 5.26 Å². The van der Waals surface area contributed by atoms with Gasteiger partial charge < -0.3 is 10.6 Å². The first kappa shape index (κ1) is 16.5. The Morgan fingerprint density at radius 2 is 1.95 bits per heavy atom. The van der Waals surface area contributed by atoms with Crippen LogP contribution in [0.15, 0.2) is 30.3 Å². The van der Waals surface area contributed by atoms with Crippen LogP contribution in [0.25, 0.3) is 0 Å². The van der Waals surface area contributed by atoms with Gasteiger partial charge in [0.1, 0.15) is 11.6 Å². The van der Waals surface area contributed by atoms with Crippen LogP contribution >= 0.6 is 0 Å². The Labute approximate surface area is 132 Å². The molecule has 1 saturated carbocycles. The van der Waals surface area contributed by atoms with Crippen molar-refractivity contribution >= 4 is 5.91 Å². The van der Waals surface area contributed by atoms with Crippen molar-refractivity contribution < 1.29 is 10.1 Å². The highest BCUT2D eigenvalue weighted by Gasteiger charge is 2.35. The van der Waals surface area contributed by atoms with Crippen LogP contribution < -0.4 is 10.6 Å². The van der Waals surface area contributed by atoms with E-state index >= 15 is 0 Å². The first-order chi connectivity index (χ1) is 10.6. The van der Waals surface area contributed by atoms with Crippen LogP contribution in [0, 0.1) is 17.2 Å². The van der Waals surface area contributed by atoms with Crippen LogP contribution in [0.3, 0.4) is 0 Å². The fraction of sp³-hybridized carbons (Fsp3) is 0.556. The van der Waals surface area contributed by atoms with Gasteiger partial charge in [0.2, 0.25) is 0 Å². The maximum atomic E-state index is 12.2. The van der Waals surface area contributed by atoms with Crippen LogP contribution in [0.5, 0.6) is 0 Å². The van der Waals surface area contributed by atoms with Crippen molar-refractivity contribution in [1.29, 1.82) is 5.26 Å². The first-order valence-corrected chi connectivity index (χ1v) is 8.17. The molecule has 0 spiro atoms. The standard InChI is InChI=1S/C18H25N3O/c1-14(2)17(15-8-4-3-5-9-15)20-12-16(22)21-18(13-19)10-6-7-11-18/h3-5,8-9,14,17,20H,6-7,10-12H2,1-2H3,(H,21,22)/p+1/t17-/m1/s1. The zero-order valence-corrected chi connectivity index (χ0v) is 13.5. The van der Waals surface area contributed by atoms with E-state index < -0.39 is 5.54 Å². The van der Waals surface area contributed by atoms with Gasteiger partial charge in [0, 0.05) is 11.5 Å². The van der Waals surface area contributed by atoms with E-state index in [1.807, 2.05) is 18.2 Å². The van der Waals surface area contributed by atoms with Gasteiger partial charge in [-0.15, -0.1) is 0 Å². The Morgan fingerprint density at radius 3 is 2.50 bits per heavy atom. The van der Waals surface area contributed by atoms with Gasteiger partial charge in [-0.25, -0.2) is 0 Å². The normalized spacial score (nSPS) is 17.9. The summed E-state index contributed by atoms with van der Waals surface area (Å²) < 4.78 is 0. The maximum Gasteiger partial charge on any atom is 0.276 e. The van der Waals surface area contributed by atoms with Gasteiger partial charge in [-0.3, -0.25) is 4.79 Å². The van der Waals surface area contributed by atoms with Crippen molar-refractivity contribution in [3.8, 4) is 6.07 Å². The van der Waals surface area contributed by atoms with Crippen molar-refractivity contribution in [3.63, 3.8) is 0 Å². The summed E-state index contributed by atoms with van der Waals surface area (Å²) in [5, 5.41) is 14.4. The van der Waals surface area contributed by atoms with Crippen LogP contribution in [0.1, 0.15) is 51.1 Å². The Hall–Kier alpha value is -1.86. The van der Waals surface area contributed by atoms with Crippen molar-refractivity contribution in [2.45, 2.75) is 51.1 Å². The van der Waals surface area contributed by atoms with Gasteiger partial charge in [-0.05, 0) is 25.7 Å². The molecule has 4 heteroatoms. The quantitative estimate of drug-likeness (QED) is 0.842. The maximum absolute atomic E-state index is 12.2. The molecule has 2 rings (SSSR count). The number of nitriles is 1. The highest BCUT2D eigenvalue weighted by molar-refractivity contribution is 5.78. The lowest BCUT2D eigenvalue weighted by atomic mass is 9.96. The van der Waals surface area contributed by atoms with E-state index in [0.29, 0.717) is 12.5 Å². The average Bonchev–Trinajstić information content (AvgIpc) is 2.97. The molecule has 0 bridgehead atoms. The number of nitrogens with two attached hydrogens (primary N) is 1. The summed E-state index contributed by atoms with van der Waals surface area (Å²) in [6.07, 6.45) is 3.61. The summed E-state index contributed by atoms with van der Waals surface area (Å²) in [5.41, 5.74) is 0.617. The lowest BCUT2D eigenvalue weighted by Crippen LogP contribution is -2.88. The second-order valence-corrected chi connectivity index (χ2v) is 6.57. The van der Waals surface area contributed by atoms with Crippen LogP contribution in [-0.4, -0.2) is 18.0 Å². The molecule has 1 aromatic carbocycles. The first-order valence-electron chi connectivity index (χ1n) is 8.17. The van der Waals surface area contributed by atoms with Gasteiger partial charge >= 0.3 is 0 Å². The number of hydrogen-bond donors (Lipinski definition) is 2. The molecule has 0 saturated heterocycles. The molecule has 0 heterocycles. The molecule has 0 radical (unpaired) electrons. The third-order valence-corrected chi connectivity index (χ3v) is 4.51. The molecular weight excluding hydrogens is 274 g/mol. The van der Waals surface area contributed by atoms with Gasteiger partial charge in [0.25, 0.3) is 5.91 Å². The molecule has 1 amide bonds. The number of amides is 1. The molecule has 1 aliphatic carbocycles. The number of carbonyl (C=O) groups excluding carboxylic acids is 1. The number of nitrogens with one attached hydrogen (secondary N) is 1. The summed E-state index contributed by atoms with van der Waals surface area (Å²) >= 11 is 0. The highest BCUT2D eigenvalue weighted by atomic mass is 16.2. The number of hydrogen-bond acceptors (Lipinski definition) is 2. The third-order valence-electron chi connectivity index (χ3n) is 4.51. The minimum absolute atomic E-state index is 0.0370. The number of nitrogens with zero attached hydrogens (tertiary/aromatic N) is 1. The van der Waals surface area contributed by atoms with Crippen molar-refractivity contribution in [3.05, 3.63) is 35.9 Å². The second kappa shape index (κ2) is 7.42. The average molecular weight is 300 g/mol. The lowest BCUT2D eigenvalue weighted by molar-refractivity contribution is -0.692. The SMILES string of the molecule is CC(C)[C@@H]([NH2+]CC(=O)NC1(C#N)CCCC1)c1ccccc1. The molecule has 1 aromatic rings. The van der Waals surface area contributed by atoms with Crippen LogP contribution in [0.2, 0.25) is 0 Å². The van der Waals surface area contributed by atoms with E-state index in [9.17, 15) is 10.1 Å². The number of carbonyl (C=O) groups is 1. The van der Waals surface area contributed by atoms with Crippen molar-refractivity contribution in [2.75, 3.05) is 6.54 Å². The Kier molecular flexibility index (Phi) is 5.57. The van der Waals surface area contributed by atoms with E-state index in [1.165, 1.54) is 5.56 Å². The number of quaternary nitrogens is 1. The summed E-state index contributed by atoms with van der Waals surface area (Å²) in [5.74, 6) is 0.400. The summed E-state index contributed by atoms with van der Waals surface area (Å²) in [7, 11) is 0. The fourth-order valence-corrected chi connectivity index (χ4v) is 3.26. The number of benzene rings is 1. The van der Waals surface area contributed by atoms with E-state index in [1.54, 1.807) is 0 Å². The number of rotatable bonds is 6. The van der Waals surface area contributed by atoms with Crippen LogP contribution in [0.4, 0.5) is 0 Å². The summed E-state index contributed by atoms with van der Waals surface area (Å²) in [4.78, 5) is 12.2.